The van der Waals surface area contributed by atoms with E-state index >= 15 is 0 Å². The number of benzene rings is 3. The van der Waals surface area contributed by atoms with Crippen molar-refractivity contribution in [1.82, 2.24) is 0 Å². The van der Waals surface area contributed by atoms with Gasteiger partial charge < -0.3 is 9.47 Å². The van der Waals surface area contributed by atoms with Crippen LogP contribution in [0.25, 0.3) is 11.1 Å². The van der Waals surface area contributed by atoms with Gasteiger partial charge in [-0.25, -0.2) is 9.18 Å². The monoisotopic (exact) mass is 476 g/mol. The Morgan fingerprint density at radius 1 is 0.914 bits per heavy atom. The minimum absolute atomic E-state index is 0.0178. The van der Waals surface area contributed by atoms with Crippen LogP contribution in [-0.2, 0) is 11.3 Å². The fraction of sp³-hybridized carbons (Fsp3) is 0.333. The summed E-state index contributed by atoms with van der Waals surface area (Å²) in [5.74, 6) is -0.729. The second-order valence-corrected chi connectivity index (χ2v) is 9.51. The van der Waals surface area contributed by atoms with E-state index in [1.54, 1.807) is 19.9 Å². The van der Waals surface area contributed by atoms with Crippen LogP contribution in [-0.4, -0.2) is 18.4 Å². The number of carbonyl (C=O) groups excluding carboxylic acids is 2. The summed E-state index contributed by atoms with van der Waals surface area (Å²) in [4.78, 5) is 25.9. The van der Waals surface area contributed by atoms with Crippen LogP contribution in [0.2, 0.25) is 0 Å². The van der Waals surface area contributed by atoms with Crippen LogP contribution >= 0.6 is 0 Å². The molecular weight excluding hydrogens is 443 g/mol. The Morgan fingerprint density at radius 2 is 1.57 bits per heavy atom. The second kappa shape index (κ2) is 11.3. The van der Waals surface area contributed by atoms with Crippen molar-refractivity contribution in [3.8, 4) is 16.9 Å². The standard InChI is InChI=1S/C30H33FO4/c1-18(2)24-15-25(19(3)4)29(30(33)35-20(5)6)28(26(24)16-32)23-13-12-22(31)14-27(23)34-17-21-10-8-7-9-11-21/h7-16,18-20H,17H2,1-6H3. The average molecular weight is 477 g/mol. The molecule has 3 aromatic carbocycles. The van der Waals surface area contributed by atoms with Gasteiger partial charge in [0.1, 0.15) is 18.2 Å². The van der Waals surface area contributed by atoms with Crippen molar-refractivity contribution in [2.75, 3.05) is 0 Å². The van der Waals surface area contributed by atoms with Gasteiger partial charge in [-0.3, -0.25) is 4.79 Å². The summed E-state index contributed by atoms with van der Waals surface area (Å²) >= 11 is 0. The van der Waals surface area contributed by atoms with E-state index in [0.29, 0.717) is 22.3 Å². The lowest BCUT2D eigenvalue weighted by Gasteiger charge is -2.24. The number of hydrogen-bond acceptors (Lipinski definition) is 4. The molecule has 0 radical (unpaired) electrons. The first-order chi connectivity index (χ1) is 16.6. The van der Waals surface area contributed by atoms with Crippen LogP contribution in [0.4, 0.5) is 4.39 Å². The molecule has 0 N–H and O–H groups in total. The Kier molecular flexibility index (Phi) is 8.44. The molecule has 0 aliphatic heterocycles. The molecule has 0 saturated carbocycles. The van der Waals surface area contributed by atoms with Crippen LogP contribution in [0.15, 0.2) is 54.6 Å². The first-order valence-electron chi connectivity index (χ1n) is 12.0. The van der Waals surface area contributed by atoms with E-state index in [4.69, 9.17) is 9.47 Å². The zero-order chi connectivity index (χ0) is 25.7. The van der Waals surface area contributed by atoms with Crippen LogP contribution in [0.1, 0.15) is 90.8 Å². The number of carbonyl (C=O) groups is 2. The molecule has 5 heteroatoms. The van der Waals surface area contributed by atoms with Gasteiger partial charge in [-0.1, -0.05) is 64.1 Å². The fourth-order valence-corrected chi connectivity index (χ4v) is 4.13. The van der Waals surface area contributed by atoms with E-state index < -0.39 is 11.8 Å². The van der Waals surface area contributed by atoms with Crippen molar-refractivity contribution in [1.29, 1.82) is 0 Å². The molecule has 184 valence electrons. The fourth-order valence-electron chi connectivity index (χ4n) is 4.13. The smallest absolute Gasteiger partial charge is 0.339 e. The van der Waals surface area contributed by atoms with Gasteiger partial charge in [0.25, 0.3) is 0 Å². The third-order valence-electron chi connectivity index (χ3n) is 5.79. The number of ether oxygens (including phenoxy) is 2. The maximum Gasteiger partial charge on any atom is 0.339 e. The van der Waals surface area contributed by atoms with Gasteiger partial charge in [-0.2, -0.15) is 0 Å². The number of halogens is 1. The molecule has 3 aromatic rings. The van der Waals surface area contributed by atoms with Crippen LogP contribution < -0.4 is 4.74 Å². The molecule has 0 fully saturated rings. The minimum Gasteiger partial charge on any atom is -0.488 e. The number of esters is 1. The highest BCUT2D eigenvalue weighted by molar-refractivity contribution is 6.05. The molecule has 0 bridgehead atoms. The molecule has 0 saturated heterocycles. The first kappa shape index (κ1) is 26.1. The Balaban J connectivity index is 2.33. The van der Waals surface area contributed by atoms with Gasteiger partial charge in [0.2, 0.25) is 0 Å². The van der Waals surface area contributed by atoms with Gasteiger partial charge in [0, 0.05) is 22.8 Å². The predicted octanol–water partition coefficient (Wildman–Crippen LogP) is 7.70. The van der Waals surface area contributed by atoms with Crippen molar-refractivity contribution in [3.63, 3.8) is 0 Å². The Morgan fingerprint density at radius 3 is 2.14 bits per heavy atom. The van der Waals surface area contributed by atoms with E-state index in [-0.39, 0.29) is 30.3 Å². The molecule has 0 aliphatic carbocycles. The van der Waals surface area contributed by atoms with Crippen LogP contribution in [0.5, 0.6) is 5.75 Å². The van der Waals surface area contributed by atoms with Gasteiger partial charge >= 0.3 is 5.97 Å². The number of hydrogen-bond donors (Lipinski definition) is 0. The van der Waals surface area contributed by atoms with Crippen molar-refractivity contribution in [2.45, 2.75) is 66.1 Å². The lowest BCUT2D eigenvalue weighted by molar-refractivity contribution is 0.0377. The van der Waals surface area contributed by atoms with Gasteiger partial charge in [-0.05, 0) is 54.5 Å². The molecule has 4 nitrogen and oxygen atoms in total. The Labute approximate surface area is 207 Å². The summed E-state index contributed by atoms with van der Waals surface area (Å²) in [6.07, 6.45) is 0.424. The first-order valence-corrected chi connectivity index (χ1v) is 12.0. The van der Waals surface area contributed by atoms with Gasteiger partial charge in [-0.15, -0.1) is 0 Å². The second-order valence-electron chi connectivity index (χ2n) is 9.51. The minimum atomic E-state index is -0.518. The van der Waals surface area contributed by atoms with E-state index in [0.717, 1.165) is 23.0 Å². The molecule has 0 heterocycles. The molecule has 0 aromatic heterocycles. The topological polar surface area (TPSA) is 52.6 Å². The maximum atomic E-state index is 14.4. The maximum absolute atomic E-state index is 14.4. The molecule has 3 rings (SSSR count). The SMILES string of the molecule is CC(C)OC(=O)c1c(C(C)C)cc(C(C)C)c(C=O)c1-c1ccc(F)cc1OCc1ccccc1. The third kappa shape index (κ3) is 5.97. The largest absolute Gasteiger partial charge is 0.488 e. The normalized spacial score (nSPS) is 11.3. The summed E-state index contributed by atoms with van der Waals surface area (Å²) in [6, 6.07) is 15.6. The molecule has 0 spiro atoms. The molecule has 0 atom stereocenters. The van der Waals surface area contributed by atoms with Crippen molar-refractivity contribution in [2.24, 2.45) is 0 Å². The van der Waals surface area contributed by atoms with Gasteiger partial charge in [0.05, 0.1) is 11.7 Å². The van der Waals surface area contributed by atoms with E-state index in [1.165, 1.54) is 12.1 Å². The lowest BCUT2D eigenvalue weighted by atomic mass is 9.81. The van der Waals surface area contributed by atoms with Gasteiger partial charge in [0.15, 0.2) is 6.29 Å². The summed E-state index contributed by atoms with van der Waals surface area (Å²) in [7, 11) is 0. The molecular formula is C30H33FO4. The zero-order valence-corrected chi connectivity index (χ0v) is 21.2. The highest BCUT2D eigenvalue weighted by Crippen LogP contribution is 2.42. The summed E-state index contributed by atoms with van der Waals surface area (Å²) in [5, 5.41) is 0. The molecule has 0 amide bonds. The highest BCUT2D eigenvalue weighted by atomic mass is 19.1. The summed E-state index contributed by atoms with van der Waals surface area (Å²) in [5.41, 5.74) is 4.11. The lowest BCUT2D eigenvalue weighted by Crippen LogP contribution is -2.18. The third-order valence-corrected chi connectivity index (χ3v) is 5.79. The summed E-state index contributed by atoms with van der Waals surface area (Å²) < 4.78 is 26.1. The number of aldehydes is 1. The molecule has 35 heavy (non-hydrogen) atoms. The average Bonchev–Trinajstić information content (AvgIpc) is 2.81. The van der Waals surface area contributed by atoms with Crippen LogP contribution in [0, 0.1) is 5.82 Å². The highest BCUT2D eigenvalue weighted by Gasteiger charge is 2.29. The van der Waals surface area contributed by atoms with Crippen LogP contribution in [0.3, 0.4) is 0 Å². The van der Waals surface area contributed by atoms with Crippen molar-refractivity contribution >= 4 is 12.3 Å². The van der Waals surface area contributed by atoms with Crippen molar-refractivity contribution < 1.29 is 23.5 Å². The Bertz CT molecular complexity index is 1200. The van der Waals surface area contributed by atoms with E-state index in [9.17, 15) is 14.0 Å². The quantitative estimate of drug-likeness (QED) is 0.235. The predicted molar refractivity (Wildman–Crippen MR) is 137 cm³/mol. The molecule has 0 unspecified atom stereocenters. The van der Waals surface area contributed by atoms with E-state index in [2.05, 4.69) is 0 Å². The van der Waals surface area contributed by atoms with E-state index in [1.807, 2.05) is 64.1 Å². The summed E-state index contributed by atoms with van der Waals surface area (Å²) in [6.45, 7) is 11.8. The van der Waals surface area contributed by atoms with Crippen molar-refractivity contribution in [3.05, 3.63) is 88.2 Å². The zero-order valence-electron chi connectivity index (χ0n) is 21.2. The molecule has 0 aliphatic rings. The Hall–Kier alpha value is -3.47. The number of rotatable bonds is 9.